The van der Waals surface area contributed by atoms with Gasteiger partial charge in [-0.3, -0.25) is 4.98 Å². The van der Waals surface area contributed by atoms with Crippen LogP contribution in [-0.2, 0) is 0 Å². The standard InChI is InChI=1S/C15H16N4S/c1-2-17-15(14-10-16-11-20-14)13-8-9-18-19(13)12-6-4-3-5-7-12/h3-11,15,17H,2H2,1H3. The lowest BCUT2D eigenvalue weighted by atomic mass is 10.1. The molecule has 0 bridgehead atoms. The number of thiazole rings is 1. The third-order valence-electron chi connectivity index (χ3n) is 3.11. The van der Waals surface area contributed by atoms with Crippen LogP contribution in [0.1, 0.15) is 23.5 Å². The Kier molecular flexibility index (Phi) is 3.90. The van der Waals surface area contributed by atoms with Crippen LogP contribution in [0, 0.1) is 0 Å². The van der Waals surface area contributed by atoms with Gasteiger partial charge in [0.1, 0.15) is 0 Å². The number of hydrogen-bond acceptors (Lipinski definition) is 4. The van der Waals surface area contributed by atoms with E-state index in [1.807, 2.05) is 40.8 Å². The average Bonchev–Trinajstić information content (AvgIpc) is 3.17. The van der Waals surface area contributed by atoms with E-state index in [1.165, 1.54) is 4.88 Å². The Morgan fingerprint density at radius 1 is 1.25 bits per heavy atom. The molecule has 0 saturated carbocycles. The predicted octanol–water partition coefficient (Wildman–Crippen LogP) is 3.03. The maximum atomic E-state index is 4.46. The number of nitrogens with zero attached hydrogens (tertiary/aromatic N) is 3. The Balaban J connectivity index is 2.03. The Morgan fingerprint density at radius 2 is 2.10 bits per heavy atom. The van der Waals surface area contributed by atoms with Crippen LogP contribution in [0.5, 0.6) is 0 Å². The molecule has 1 atom stereocenters. The number of aromatic nitrogens is 3. The fourth-order valence-electron chi connectivity index (χ4n) is 2.24. The Hall–Kier alpha value is -1.98. The zero-order valence-corrected chi connectivity index (χ0v) is 12.0. The van der Waals surface area contributed by atoms with Gasteiger partial charge in [0.2, 0.25) is 0 Å². The van der Waals surface area contributed by atoms with Crippen molar-refractivity contribution in [2.45, 2.75) is 13.0 Å². The highest BCUT2D eigenvalue weighted by Crippen LogP contribution is 2.26. The maximum Gasteiger partial charge on any atom is 0.0862 e. The van der Waals surface area contributed by atoms with Gasteiger partial charge in [0.15, 0.2) is 0 Å². The van der Waals surface area contributed by atoms with E-state index in [2.05, 4.69) is 40.5 Å². The molecule has 0 aliphatic heterocycles. The summed E-state index contributed by atoms with van der Waals surface area (Å²) < 4.78 is 1.98. The molecule has 1 aromatic carbocycles. The van der Waals surface area contributed by atoms with E-state index < -0.39 is 0 Å². The summed E-state index contributed by atoms with van der Waals surface area (Å²) >= 11 is 1.66. The minimum Gasteiger partial charge on any atom is -0.305 e. The van der Waals surface area contributed by atoms with Crippen molar-refractivity contribution in [3.8, 4) is 5.69 Å². The van der Waals surface area contributed by atoms with E-state index in [9.17, 15) is 0 Å². The van der Waals surface area contributed by atoms with Crippen LogP contribution in [0.25, 0.3) is 5.69 Å². The number of rotatable bonds is 5. The summed E-state index contributed by atoms with van der Waals surface area (Å²) in [6, 6.07) is 12.4. The summed E-state index contributed by atoms with van der Waals surface area (Å²) in [5.74, 6) is 0. The van der Waals surface area contributed by atoms with Crippen molar-refractivity contribution in [1.82, 2.24) is 20.1 Å². The van der Waals surface area contributed by atoms with Gasteiger partial charge in [-0.15, -0.1) is 11.3 Å². The van der Waals surface area contributed by atoms with Crippen molar-refractivity contribution in [3.63, 3.8) is 0 Å². The van der Waals surface area contributed by atoms with Gasteiger partial charge < -0.3 is 5.32 Å². The van der Waals surface area contributed by atoms with Crippen molar-refractivity contribution in [2.75, 3.05) is 6.54 Å². The van der Waals surface area contributed by atoms with Gasteiger partial charge in [0.25, 0.3) is 0 Å². The zero-order chi connectivity index (χ0) is 13.8. The van der Waals surface area contributed by atoms with Crippen molar-refractivity contribution in [1.29, 1.82) is 0 Å². The van der Waals surface area contributed by atoms with Crippen LogP contribution in [0.3, 0.4) is 0 Å². The Bertz CT molecular complexity index is 646. The summed E-state index contributed by atoms with van der Waals surface area (Å²) in [5.41, 5.74) is 4.06. The van der Waals surface area contributed by atoms with Crippen molar-refractivity contribution >= 4 is 11.3 Å². The molecule has 1 N–H and O–H groups in total. The zero-order valence-electron chi connectivity index (χ0n) is 11.2. The van der Waals surface area contributed by atoms with Crippen LogP contribution < -0.4 is 5.32 Å². The quantitative estimate of drug-likeness (QED) is 0.783. The number of benzene rings is 1. The molecule has 0 amide bonds. The highest BCUT2D eigenvalue weighted by atomic mass is 32.1. The van der Waals surface area contributed by atoms with Crippen LogP contribution in [0.4, 0.5) is 0 Å². The minimum absolute atomic E-state index is 0.121. The molecule has 3 rings (SSSR count). The number of hydrogen-bond donors (Lipinski definition) is 1. The fraction of sp³-hybridized carbons (Fsp3) is 0.200. The highest BCUT2D eigenvalue weighted by molar-refractivity contribution is 7.09. The van der Waals surface area contributed by atoms with E-state index in [0.29, 0.717) is 0 Å². The molecule has 1 unspecified atom stereocenters. The second kappa shape index (κ2) is 5.98. The molecule has 3 aromatic rings. The molecule has 0 fully saturated rings. The summed E-state index contributed by atoms with van der Waals surface area (Å²) in [6.45, 7) is 3.00. The first-order valence-corrected chi connectivity index (χ1v) is 7.49. The molecule has 0 spiro atoms. The molecule has 102 valence electrons. The number of para-hydroxylation sites is 1. The van der Waals surface area contributed by atoms with E-state index >= 15 is 0 Å². The molecule has 5 heteroatoms. The first kappa shape index (κ1) is 13.0. The highest BCUT2D eigenvalue weighted by Gasteiger charge is 2.19. The summed E-state index contributed by atoms with van der Waals surface area (Å²) in [5, 5.41) is 7.97. The van der Waals surface area contributed by atoms with Gasteiger partial charge in [-0.05, 0) is 24.7 Å². The largest absolute Gasteiger partial charge is 0.305 e. The molecule has 0 aliphatic carbocycles. The maximum absolute atomic E-state index is 4.46. The van der Waals surface area contributed by atoms with Crippen molar-refractivity contribution < 1.29 is 0 Å². The molecular formula is C15H16N4S. The SMILES string of the molecule is CCNC(c1cncs1)c1ccnn1-c1ccccc1. The topological polar surface area (TPSA) is 42.7 Å². The lowest BCUT2D eigenvalue weighted by Crippen LogP contribution is -2.23. The minimum atomic E-state index is 0.121. The summed E-state index contributed by atoms with van der Waals surface area (Å²) in [4.78, 5) is 5.39. The Morgan fingerprint density at radius 3 is 2.80 bits per heavy atom. The van der Waals surface area contributed by atoms with E-state index in [1.54, 1.807) is 11.3 Å². The van der Waals surface area contributed by atoms with Gasteiger partial charge in [-0.2, -0.15) is 5.10 Å². The van der Waals surface area contributed by atoms with Gasteiger partial charge >= 0.3 is 0 Å². The molecule has 2 heterocycles. The van der Waals surface area contributed by atoms with Crippen LogP contribution >= 0.6 is 11.3 Å². The van der Waals surface area contributed by atoms with Crippen molar-refractivity contribution in [3.05, 3.63) is 64.9 Å². The van der Waals surface area contributed by atoms with Crippen LogP contribution in [0.15, 0.2) is 54.3 Å². The van der Waals surface area contributed by atoms with Gasteiger partial charge in [-0.1, -0.05) is 25.1 Å². The molecule has 0 aliphatic rings. The molecule has 20 heavy (non-hydrogen) atoms. The average molecular weight is 284 g/mol. The lowest BCUT2D eigenvalue weighted by Gasteiger charge is -2.18. The van der Waals surface area contributed by atoms with E-state index in [4.69, 9.17) is 0 Å². The van der Waals surface area contributed by atoms with Crippen LogP contribution in [0.2, 0.25) is 0 Å². The monoisotopic (exact) mass is 284 g/mol. The first-order valence-electron chi connectivity index (χ1n) is 6.61. The third-order valence-corrected chi connectivity index (χ3v) is 3.95. The lowest BCUT2D eigenvalue weighted by molar-refractivity contribution is 0.600. The van der Waals surface area contributed by atoms with Crippen LogP contribution in [-0.4, -0.2) is 21.3 Å². The molecular weight excluding hydrogens is 268 g/mol. The second-order valence-electron chi connectivity index (χ2n) is 4.40. The summed E-state index contributed by atoms with van der Waals surface area (Å²) in [7, 11) is 0. The third kappa shape index (κ3) is 2.50. The summed E-state index contributed by atoms with van der Waals surface area (Å²) in [6.07, 6.45) is 3.76. The fourth-order valence-corrected chi connectivity index (χ4v) is 2.95. The second-order valence-corrected chi connectivity index (χ2v) is 5.32. The van der Waals surface area contributed by atoms with Crippen molar-refractivity contribution in [2.24, 2.45) is 0 Å². The number of nitrogens with one attached hydrogen (secondary N) is 1. The van der Waals surface area contributed by atoms with E-state index in [-0.39, 0.29) is 6.04 Å². The molecule has 2 aromatic heterocycles. The smallest absolute Gasteiger partial charge is 0.0862 e. The molecule has 0 saturated heterocycles. The van der Waals surface area contributed by atoms with Gasteiger partial charge in [0, 0.05) is 17.3 Å². The molecule has 4 nitrogen and oxygen atoms in total. The molecule has 0 radical (unpaired) electrons. The first-order chi connectivity index (χ1) is 9.90. The van der Waals surface area contributed by atoms with Gasteiger partial charge in [-0.25, -0.2) is 4.68 Å². The van der Waals surface area contributed by atoms with Gasteiger partial charge in [0.05, 0.1) is 22.9 Å². The van der Waals surface area contributed by atoms with E-state index in [0.717, 1.165) is 17.9 Å². The normalized spacial score (nSPS) is 12.4. The predicted molar refractivity (Wildman–Crippen MR) is 81.2 cm³/mol. The Labute approximate surface area is 122 Å².